The van der Waals surface area contributed by atoms with E-state index in [0.717, 1.165) is 0 Å². The molecule has 0 aromatic heterocycles. The Hall–Kier alpha value is -1.52. The number of carboxylic acid groups (broad SMARTS) is 1. The van der Waals surface area contributed by atoms with Gasteiger partial charge in [-0.05, 0) is 30.5 Å². The van der Waals surface area contributed by atoms with Gasteiger partial charge in [-0.1, -0.05) is 35.3 Å². The van der Waals surface area contributed by atoms with Crippen molar-refractivity contribution in [2.45, 2.75) is 18.9 Å². The van der Waals surface area contributed by atoms with Gasteiger partial charge in [-0.15, -0.1) is 0 Å². The molecule has 1 amide bonds. The van der Waals surface area contributed by atoms with Gasteiger partial charge in [0.15, 0.2) is 0 Å². The minimum atomic E-state index is -0.968. The number of nitrogens with zero attached hydrogens (tertiary/aromatic N) is 1. The number of hydrogen-bond acceptors (Lipinski definition) is 2. The third kappa shape index (κ3) is 3.14. The third-order valence-electron chi connectivity index (χ3n) is 3.21. The zero-order chi connectivity index (χ0) is 14.7. The summed E-state index contributed by atoms with van der Waals surface area (Å²) in [5.74, 6) is -1.30. The standard InChI is InChI=1S/C14H13Cl2NO3/c15-10-4-1-3-9(13(10)16)6-7-12(18)17-8-2-5-11(17)14(19)20/h1,3-4,6-7,11H,2,5,8H2,(H,19,20)/t11-/m1/s1. The van der Waals surface area contributed by atoms with Crippen LogP contribution in [0.4, 0.5) is 0 Å². The molecule has 0 bridgehead atoms. The van der Waals surface area contributed by atoms with Crippen LogP contribution in [0.1, 0.15) is 18.4 Å². The number of rotatable bonds is 3. The van der Waals surface area contributed by atoms with Crippen molar-refractivity contribution >= 4 is 41.2 Å². The lowest BCUT2D eigenvalue weighted by molar-refractivity contribution is -0.146. The van der Waals surface area contributed by atoms with Gasteiger partial charge in [0, 0.05) is 12.6 Å². The van der Waals surface area contributed by atoms with E-state index in [1.54, 1.807) is 24.3 Å². The summed E-state index contributed by atoms with van der Waals surface area (Å²) in [6.07, 6.45) is 4.08. The number of hydrogen-bond donors (Lipinski definition) is 1. The first-order valence-corrected chi connectivity index (χ1v) is 6.92. The van der Waals surface area contributed by atoms with Crippen molar-refractivity contribution in [3.63, 3.8) is 0 Å². The zero-order valence-electron chi connectivity index (χ0n) is 10.6. The lowest BCUT2D eigenvalue weighted by Gasteiger charge is -2.19. The highest BCUT2D eigenvalue weighted by molar-refractivity contribution is 6.42. The summed E-state index contributed by atoms with van der Waals surface area (Å²) in [6, 6.07) is 4.39. The summed E-state index contributed by atoms with van der Waals surface area (Å²) in [5, 5.41) is 9.82. The Labute approximate surface area is 126 Å². The van der Waals surface area contributed by atoms with Gasteiger partial charge in [0.1, 0.15) is 6.04 Å². The first-order valence-electron chi connectivity index (χ1n) is 6.16. The second-order valence-corrected chi connectivity index (χ2v) is 5.29. The van der Waals surface area contributed by atoms with Gasteiger partial charge in [-0.25, -0.2) is 4.79 Å². The summed E-state index contributed by atoms with van der Waals surface area (Å²) >= 11 is 11.9. The predicted molar refractivity (Wildman–Crippen MR) is 77.9 cm³/mol. The normalized spacial score (nSPS) is 18.7. The highest BCUT2D eigenvalue weighted by atomic mass is 35.5. The molecule has 0 aliphatic carbocycles. The van der Waals surface area contributed by atoms with E-state index in [-0.39, 0.29) is 5.91 Å². The van der Waals surface area contributed by atoms with E-state index in [1.165, 1.54) is 11.0 Å². The van der Waals surface area contributed by atoms with Crippen molar-refractivity contribution in [3.8, 4) is 0 Å². The van der Waals surface area contributed by atoms with Crippen LogP contribution in [0.3, 0.4) is 0 Å². The maximum Gasteiger partial charge on any atom is 0.326 e. The largest absolute Gasteiger partial charge is 0.480 e. The van der Waals surface area contributed by atoms with Gasteiger partial charge in [0.25, 0.3) is 0 Å². The number of benzene rings is 1. The summed E-state index contributed by atoms with van der Waals surface area (Å²) in [7, 11) is 0. The number of carboxylic acids is 1. The van der Waals surface area contributed by atoms with Gasteiger partial charge >= 0.3 is 5.97 Å². The van der Waals surface area contributed by atoms with E-state index in [2.05, 4.69) is 0 Å². The van der Waals surface area contributed by atoms with E-state index in [4.69, 9.17) is 28.3 Å². The number of carbonyl (C=O) groups excluding carboxylic acids is 1. The minimum absolute atomic E-state index is 0.328. The van der Waals surface area contributed by atoms with Crippen LogP contribution in [0.5, 0.6) is 0 Å². The first kappa shape index (κ1) is 14.9. The number of likely N-dealkylation sites (tertiary alicyclic amines) is 1. The Morgan fingerprint density at radius 1 is 1.35 bits per heavy atom. The topological polar surface area (TPSA) is 57.6 Å². The van der Waals surface area contributed by atoms with E-state index >= 15 is 0 Å². The molecule has 20 heavy (non-hydrogen) atoms. The summed E-state index contributed by atoms with van der Waals surface area (Å²) < 4.78 is 0. The molecule has 0 radical (unpaired) electrons. The molecule has 4 nitrogen and oxygen atoms in total. The quantitative estimate of drug-likeness (QED) is 0.872. The Morgan fingerprint density at radius 3 is 2.80 bits per heavy atom. The number of aliphatic carboxylic acids is 1. The molecule has 1 aliphatic rings. The van der Waals surface area contributed by atoms with Crippen molar-refractivity contribution in [2.24, 2.45) is 0 Å². The van der Waals surface area contributed by atoms with E-state index < -0.39 is 12.0 Å². The predicted octanol–water partition coefficient (Wildman–Crippen LogP) is 3.08. The Kier molecular flexibility index (Phi) is 4.68. The lowest BCUT2D eigenvalue weighted by atomic mass is 10.2. The van der Waals surface area contributed by atoms with Gasteiger partial charge in [0.05, 0.1) is 10.0 Å². The Bertz CT molecular complexity index is 572. The second-order valence-electron chi connectivity index (χ2n) is 4.50. The molecule has 1 heterocycles. The first-order chi connectivity index (χ1) is 9.50. The monoisotopic (exact) mass is 313 g/mol. The van der Waals surface area contributed by atoms with Crippen molar-refractivity contribution < 1.29 is 14.7 Å². The van der Waals surface area contributed by atoms with Crippen molar-refractivity contribution in [3.05, 3.63) is 39.9 Å². The van der Waals surface area contributed by atoms with Gasteiger partial charge in [-0.3, -0.25) is 4.79 Å². The molecular weight excluding hydrogens is 301 g/mol. The molecule has 1 aromatic carbocycles. The average Bonchev–Trinajstić information content (AvgIpc) is 2.89. The number of amides is 1. The Balaban J connectivity index is 2.13. The second kappa shape index (κ2) is 6.29. The van der Waals surface area contributed by atoms with E-state index in [0.29, 0.717) is 35.0 Å². The smallest absolute Gasteiger partial charge is 0.326 e. The zero-order valence-corrected chi connectivity index (χ0v) is 12.1. The molecule has 1 aromatic rings. The molecule has 2 rings (SSSR count). The molecule has 1 saturated heterocycles. The maximum atomic E-state index is 12.0. The summed E-state index contributed by atoms with van der Waals surface area (Å²) in [5.41, 5.74) is 0.624. The fourth-order valence-electron chi connectivity index (χ4n) is 2.19. The van der Waals surface area contributed by atoms with Crippen molar-refractivity contribution in [1.82, 2.24) is 4.90 Å². The number of halogens is 2. The van der Waals surface area contributed by atoms with Crippen LogP contribution in [-0.2, 0) is 9.59 Å². The molecule has 106 valence electrons. The fraction of sp³-hybridized carbons (Fsp3) is 0.286. The molecule has 0 saturated carbocycles. The molecule has 0 unspecified atom stereocenters. The van der Waals surface area contributed by atoms with Gasteiger partial charge in [0.2, 0.25) is 5.91 Å². The summed E-state index contributed by atoms with van der Waals surface area (Å²) in [6.45, 7) is 0.462. The van der Waals surface area contributed by atoms with Gasteiger partial charge < -0.3 is 10.0 Å². The Morgan fingerprint density at radius 2 is 2.10 bits per heavy atom. The highest BCUT2D eigenvalue weighted by Crippen LogP contribution is 2.26. The molecule has 6 heteroatoms. The van der Waals surface area contributed by atoms with Crippen LogP contribution in [0, 0.1) is 0 Å². The van der Waals surface area contributed by atoms with Crippen LogP contribution in [0.15, 0.2) is 24.3 Å². The molecule has 1 aliphatic heterocycles. The molecule has 1 N–H and O–H groups in total. The van der Waals surface area contributed by atoms with Crippen molar-refractivity contribution in [2.75, 3.05) is 6.54 Å². The average molecular weight is 314 g/mol. The highest BCUT2D eigenvalue weighted by Gasteiger charge is 2.32. The fourth-order valence-corrected chi connectivity index (χ4v) is 2.56. The molecule has 1 fully saturated rings. The van der Waals surface area contributed by atoms with E-state index in [9.17, 15) is 9.59 Å². The third-order valence-corrected chi connectivity index (χ3v) is 4.04. The molecule has 0 spiro atoms. The number of carbonyl (C=O) groups is 2. The van der Waals surface area contributed by atoms with Crippen LogP contribution in [0.2, 0.25) is 10.0 Å². The molecule has 1 atom stereocenters. The summed E-state index contributed by atoms with van der Waals surface area (Å²) in [4.78, 5) is 24.4. The van der Waals surface area contributed by atoms with Crippen LogP contribution in [-0.4, -0.2) is 34.5 Å². The van der Waals surface area contributed by atoms with Crippen LogP contribution in [0.25, 0.3) is 6.08 Å². The van der Waals surface area contributed by atoms with Crippen LogP contribution >= 0.6 is 23.2 Å². The van der Waals surface area contributed by atoms with Gasteiger partial charge in [-0.2, -0.15) is 0 Å². The van der Waals surface area contributed by atoms with Crippen molar-refractivity contribution in [1.29, 1.82) is 0 Å². The van der Waals surface area contributed by atoms with Crippen LogP contribution < -0.4 is 0 Å². The SMILES string of the molecule is O=C(O)[C@H]1CCCN1C(=O)C=Cc1cccc(Cl)c1Cl. The molecular formula is C14H13Cl2NO3. The maximum absolute atomic E-state index is 12.0. The lowest BCUT2D eigenvalue weighted by Crippen LogP contribution is -2.39. The van der Waals surface area contributed by atoms with E-state index in [1.807, 2.05) is 0 Å². The minimum Gasteiger partial charge on any atom is -0.480 e.